The molecule has 0 saturated carbocycles. The molecule has 0 atom stereocenters. The monoisotopic (exact) mass is 435 g/mol. The second kappa shape index (κ2) is 6.87. The molecule has 2 aromatic carbocycles. The summed E-state index contributed by atoms with van der Waals surface area (Å²) >= 11 is 0. The van der Waals surface area contributed by atoms with Crippen molar-refractivity contribution in [3.05, 3.63) is 59.2 Å². The van der Waals surface area contributed by atoms with Crippen LogP contribution < -0.4 is 0 Å². The van der Waals surface area contributed by atoms with Gasteiger partial charge < -0.3 is 0 Å². The highest BCUT2D eigenvalue weighted by Gasteiger charge is 2.38. The van der Waals surface area contributed by atoms with E-state index in [0.717, 1.165) is 30.5 Å². The average Bonchev–Trinajstić information content (AvgIpc) is 3.04. The first-order chi connectivity index (χ1) is 13.3. The van der Waals surface area contributed by atoms with E-state index in [2.05, 4.69) is 10.1 Å². The second-order valence-corrected chi connectivity index (χ2v) is 8.13. The summed E-state index contributed by atoms with van der Waals surface area (Å²) in [6, 6.07) is 5.09. The Morgan fingerprint density at radius 1 is 1.00 bits per heavy atom. The van der Waals surface area contributed by atoms with Crippen molar-refractivity contribution in [1.82, 2.24) is 14.8 Å². The Balaban J connectivity index is 2.30. The molecular weight excluding hydrogens is 424 g/mol. The van der Waals surface area contributed by atoms with Crippen LogP contribution in [-0.2, 0) is 16.0 Å². The first-order valence-electron chi connectivity index (χ1n) is 7.80. The minimum absolute atomic E-state index is 0.0982. The fourth-order valence-electron chi connectivity index (χ4n) is 2.60. The first kappa shape index (κ1) is 20.8. The number of benzene rings is 2. The van der Waals surface area contributed by atoms with Gasteiger partial charge in [0.1, 0.15) is 0 Å². The summed E-state index contributed by atoms with van der Waals surface area (Å²) in [4.78, 5) is 3.15. The first-order valence-corrected chi connectivity index (χ1v) is 9.69. The highest BCUT2D eigenvalue weighted by molar-refractivity contribution is 7.90. The summed E-state index contributed by atoms with van der Waals surface area (Å²) in [6.07, 6.45) is -4.07. The summed E-state index contributed by atoms with van der Waals surface area (Å²) in [7, 11) is -3.58. The van der Waals surface area contributed by atoms with Gasteiger partial charge in [0.15, 0.2) is 33.1 Å². The number of aryl methyl sites for hydroxylation is 1. The maximum atomic E-state index is 14.4. The van der Waals surface area contributed by atoms with Gasteiger partial charge in [-0.05, 0) is 42.8 Å². The van der Waals surface area contributed by atoms with Crippen LogP contribution >= 0.6 is 0 Å². The van der Waals surface area contributed by atoms with E-state index < -0.39 is 50.7 Å². The highest BCUT2D eigenvalue weighted by Crippen LogP contribution is 2.34. The van der Waals surface area contributed by atoms with Crippen LogP contribution in [0.4, 0.5) is 26.3 Å². The van der Waals surface area contributed by atoms with Crippen molar-refractivity contribution in [1.29, 1.82) is 0 Å². The number of alkyl halides is 3. The van der Waals surface area contributed by atoms with E-state index in [4.69, 9.17) is 0 Å². The van der Waals surface area contributed by atoms with Gasteiger partial charge in [-0.3, -0.25) is 0 Å². The summed E-state index contributed by atoms with van der Waals surface area (Å²) < 4.78 is 105. The van der Waals surface area contributed by atoms with Crippen LogP contribution in [0, 0.1) is 24.4 Å². The number of sulfone groups is 1. The molecule has 0 saturated heterocycles. The topological polar surface area (TPSA) is 64.8 Å². The van der Waals surface area contributed by atoms with Crippen LogP contribution in [0.3, 0.4) is 0 Å². The van der Waals surface area contributed by atoms with Crippen molar-refractivity contribution in [2.45, 2.75) is 18.0 Å². The molecule has 0 aliphatic carbocycles. The standard InChI is InChI=1S/C17H11F6N3O2S/c1-8-7-11(18)13(19)14(20)12(8)15-24-16(17(21,22)23)25-26(15)9-3-5-10(6-4-9)29(2,27)28/h3-7H,1-2H3. The van der Waals surface area contributed by atoms with Gasteiger partial charge in [0, 0.05) is 6.26 Å². The lowest BCUT2D eigenvalue weighted by Crippen LogP contribution is -2.08. The molecule has 0 N–H and O–H groups in total. The zero-order valence-electron chi connectivity index (χ0n) is 14.7. The molecule has 3 aromatic rings. The molecule has 0 unspecified atom stereocenters. The minimum atomic E-state index is -5.00. The predicted molar refractivity (Wildman–Crippen MR) is 89.5 cm³/mol. The van der Waals surface area contributed by atoms with Crippen LogP contribution in [-0.4, -0.2) is 29.4 Å². The van der Waals surface area contributed by atoms with Crippen molar-refractivity contribution in [3.8, 4) is 17.1 Å². The lowest BCUT2D eigenvalue weighted by molar-refractivity contribution is -0.144. The molecule has 0 bridgehead atoms. The van der Waals surface area contributed by atoms with E-state index >= 15 is 0 Å². The Hall–Kier alpha value is -2.89. The zero-order valence-corrected chi connectivity index (χ0v) is 15.5. The van der Waals surface area contributed by atoms with Crippen LogP contribution in [0.25, 0.3) is 17.1 Å². The number of nitrogens with zero attached hydrogens (tertiary/aromatic N) is 3. The van der Waals surface area contributed by atoms with Crippen molar-refractivity contribution in [3.63, 3.8) is 0 Å². The molecule has 0 amide bonds. The van der Waals surface area contributed by atoms with E-state index in [1.807, 2.05) is 0 Å². The van der Waals surface area contributed by atoms with Crippen LogP contribution in [0.2, 0.25) is 0 Å². The van der Waals surface area contributed by atoms with Gasteiger partial charge in [0.2, 0.25) is 0 Å². The number of halogens is 6. The number of hydrogen-bond acceptors (Lipinski definition) is 4. The Labute approximate surface area is 160 Å². The summed E-state index contributed by atoms with van der Waals surface area (Å²) in [6.45, 7) is 1.17. The molecule has 1 heterocycles. The van der Waals surface area contributed by atoms with Crippen LogP contribution in [0.1, 0.15) is 11.4 Å². The molecule has 5 nitrogen and oxygen atoms in total. The fraction of sp³-hybridized carbons (Fsp3) is 0.176. The minimum Gasteiger partial charge on any atom is -0.224 e. The van der Waals surface area contributed by atoms with Crippen molar-refractivity contribution in [2.24, 2.45) is 0 Å². The van der Waals surface area contributed by atoms with Crippen LogP contribution in [0.15, 0.2) is 35.2 Å². The summed E-state index contributed by atoms with van der Waals surface area (Å²) in [5.74, 6) is -7.47. The molecular formula is C17H11F6N3O2S. The fourth-order valence-corrected chi connectivity index (χ4v) is 3.23. The molecule has 0 radical (unpaired) electrons. The normalized spacial score (nSPS) is 12.4. The van der Waals surface area contributed by atoms with Gasteiger partial charge >= 0.3 is 6.18 Å². The third kappa shape index (κ3) is 3.84. The number of aromatic nitrogens is 3. The average molecular weight is 435 g/mol. The molecule has 0 spiro atoms. The SMILES string of the molecule is Cc1cc(F)c(F)c(F)c1-c1nc(C(F)(F)F)nn1-c1ccc(S(C)(=O)=O)cc1. The van der Waals surface area contributed by atoms with Gasteiger partial charge in [0.05, 0.1) is 16.1 Å². The highest BCUT2D eigenvalue weighted by atomic mass is 32.2. The molecule has 0 fully saturated rings. The lowest BCUT2D eigenvalue weighted by Gasteiger charge is -2.11. The Kier molecular flexibility index (Phi) is 4.93. The molecule has 154 valence electrons. The van der Waals surface area contributed by atoms with E-state index in [9.17, 15) is 34.8 Å². The summed E-state index contributed by atoms with van der Waals surface area (Å²) in [5.41, 5.74) is -1.02. The largest absolute Gasteiger partial charge is 0.453 e. The van der Waals surface area contributed by atoms with Gasteiger partial charge in [0.25, 0.3) is 5.82 Å². The third-order valence-corrected chi connectivity index (χ3v) is 5.08. The van der Waals surface area contributed by atoms with E-state index in [1.54, 1.807) is 0 Å². The Bertz CT molecular complexity index is 1200. The molecule has 1 aromatic heterocycles. The third-order valence-electron chi connectivity index (χ3n) is 3.95. The van der Waals surface area contributed by atoms with Crippen molar-refractivity contribution in [2.75, 3.05) is 6.26 Å². The van der Waals surface area contributed by atoms with Gasteiger partial charge in [-0.1, -0.05) is 0 Å². The Morgan fingerprint density at radius 2 is 1.59 bits per heavy atom. The Morgan fingerprint density at radius 3 is 2.10 bits per heavy atom. The van der Waals surface area contributed by atoms with Crippen molar-refractivity contribution < 1.29 is 34.8 Å². The number of rotatable bonds is 3. The number of hydrogen-bond donors (Lipinski definition) is 0. The molecule has 3 rings (SSSR count). The quantitative estimate of drug-likeness (QED) is 0.459. The predicted octanol–water partition coefficient (Wildman–Crippen LogP) is 4.08. The molecule has 12 heteroatoms. The van der Waals surface area contributed by atoms with Crippen molar-refractivity contribution >= 4 is 9.84 Å². The lowest BCUT2D eigenvalue weighted by atomic mass is 10.1. The van der Waals surface area contributed by atoms with Gasteiger partial charge in [-0.2, -0.15) is 13.2 Å². The van der Waals surface area contributed by atoms with E-state index in [-0.39, 0.29) is 16.1 Å². The van der Waals surface area contributed by atoms with Crippen LogP contribution in [0.5, 0.6) is 0 Å². The molecule has 0 aliphatic rings. The molecule has 0 aliphatic heterocycles. The van der Waals surface area contributed by atoms with E-state index in [1.165, 1.54) is 6.92 Å². The smallest absolute Gasteiger partial charge is 0.224 e. The van der Waals surface area contributed by atoms with Gasteiger partial charge in [-0.15, -0.1) is 5.10 Å². The summed E-state index contributed by atoms with van der Waals surface area (Å²) in [5, 5.41) is 3.30. The second-order valence-electron chi connectivity index (χ2n) is 6.11. The molecule has 29 heavy (non-hydrogen) atoms. The maximum absolute atomic E-state index is 14.4. The maximum Gasteiger partial charge on any atom is 0.453 e. The zero-order chi connectivity index (χ0) is 21.7. The van der Waals surface area contributed by atoms with E-state index in [0.29, 0.717) is 10.7 Å². The van der Waals surface area contributed by atoms with Gasteiger partial charge in [-0.25, -0.2) is 31.3 Å².